The van der Waals surface area contributed by atoms with E-state index in [-0.39, 0.29) is 11.1 Å². The van der Waals surface area contributed by atoms with Gasteiger partial charge in [-0.2, -0.15) is 4.57 Å². The summed E-state index contributed by atoms with van der Waals surface area (Å²) in [5, 5.41) is 0. The van der Waals surface area contributed by atoms with Gasteiger partial charge in [0.2, 0.25) is 5.69 Å². The highest BCUT2D eigenvalue weighted by Gasteiger charge is 2.68. The molecule has 3 aliphatic rings. The van der Waals surface area contributed by atoms with E-state index in [1.807, 2.05) is 89.5 Å². The van der Waals surface area contributed by atoms with Crippen molar-refractivity contribution in [3.05, 3.63) is 217 Å². The monoisotopic (exact) mass is 836 g/mol. The van der Waals surface area contributed by atoms with Crippen LogP contribution in [0.15, 0.2) is 200 Å². The molecule has 3 aliphatic heterocycles. The number of benzene rings is 8. The number of fused-ring (bicyclic) bond motifs is 5. The number of rotatable bonds is 5. The number of imidazole rings is 1. The van der Waals surface area contributed by atoms with Crippen LogP contribution in [-0.4, -0.2) is 4.57 Å². The molecule has 13 rings (SSSR count). The van der Waals surface area contributed by atoms with E-state index in [1.54, 1.807) is 18.3 Å². The normalized spacial score (nSPS) is 18.6. The Morgan fingerprint density at radius 3 is 1.94 bits per heavy atom. The standard InChI is InChI=1S/C60H45N3O/c1-38-33-49(42-21-12-7-13-22-42)54(37-48(38)41-19-10-6-11-20-41)62-52-25-16-24-46-50-34-44(39-17-8-5-9-18-39)35-51-53-36-43(40-27-29-45(30-28-40)59(2,3)4)31-32-61(53)60(56(50)51)63(57(46)52)58(62)47-23-14-15-26-55(47)64-60/h5-37H,1-4H3/q+2/i2D3,3D3,4D3,27D,28D,29D,30D. The van der Waals surface area contributed by atoms with Gasteiger partial charge in [0.25, 0.3) is 0 Å². The number of ether oxygens (including phenoxy) is 1. The molecule has 5 heterocycles. The summed E-state index contributed by atoms with van der Waals surface area (Å²) in [6.07, 6.45) is 1.78. The number of hydrogen-bond acceptors (Lipinski definition) is 1. The van der Waals surface area contributed by atoms with Crippen molar-refractivity contribution >= 4 is 11.0 Å². The smallest absolute Gasteiger partial charge is 0.392 e. The van der Waals surface area contributed by atoms with E-state index < -0.39 is 61.6 Å². The van der Waals surface area contributed by atoms with Crippen LogP contribution in [-0.2, 0) is 11.3 Å². The van der Waals surface area contributed by atoms with Crippen molar-refractivity contribution in [2.45, 2.75) is 38.7 Å². The van der Waals surface area contributed by atoms with Crippen LogP contribution in [0.2, 0.25) is 0 Å². The summed E-state index contributed by atoms with van der Waals surface area (Å²) in [6, 6.07) is 53.4. The van der Waals surface area contributed by atoms with Crippen LogP contribution in [0.1, 0.15) is 55.1 Å². The largest absolute Gasteiger partial charge is 0.499 e. The average molecular weight is 837 g/mol. The highest BCUT2D eigenvalue weighted by atomic mass is 16.5. The van der Waals surface area contributed by atoms with Crippen LogP contribution < -0.4 is 13.9 Å². The molecule has 304 valence electrons. The number of aromatic nitrogens is 3. The summed E-state index contributed by atoms with van der Waals surface area (Å²) in [5.41, 5.74) is 9.52. The van der Waals surface area contributed by atoms with Gasteiger partial charge in [-0.25, -0.2) is 0 Å². The number of nitrogens with zero attached hydrogens (tertiary/aromatic N) is 3. The summed E-state index contributed by atoms with van der Waals surface area (Å²) in [7, 11) is 0. The van der Waals surface area contributed by atoms with E-state index in [4.69, 9.17) is 17.1 Å². The molecule has 8 aromatic carbocycles. The third-order valence-corrected chi connectivity index (χ3v) is 13.0. The van der Waals surface area contributed by atoms with Crippen molar-refractivity contribution in [1.29, 1.82) is 0 Å². The summed E-state index contributed by atoms with van der Waals surface area (Å²) in [6.45, 7) is -9.31. The second-order valence-electron chi connectivity index (χ2n) is 16.8. The van der Waals surface area contributed by atoms with E-state index >= 15 is 0 Å². The van der Waals surface area contributed by atoms with Gasteiger partial charge in [-0.15, -0.1) is 9.13 Å². The summed E-state index contributed by atoms with van der Waals surface area (Å²) >= 11 is 0. The van der Waals surface area contributed by atoms with Gasteiger partial charge in [0.15, 0.2) is 17.2 Å². The van der Waals surface area contributed by atoms with Crippen molar-refractivity contribution in [1.82, 2.24) is 4.57 Å². The average Bonchev–Trinajstić information content (AvgIpc) is 4.00. The molecule has 2 aromatic heterocycles. The molecule has 0 amide bonds. The van der Waals surface area contributed by atoms with Crippen molar-refractivity contribution in [3.63, 3.8) is 0 Å². The Morgan fingerprint density at radius 2 is 1.20 bits per heavy atom. The molecule has 0 bridgehead atoms. The predicted octanol–water partition coefficient (Wildman–Crippen LogP) is 13.7. The van der Waals surface area contributed by atoms with E-state index in [0.717, 1.165) is 89.3 Å². The number of pyridine rings is 1. The maximum Gasteiger partial charge on any atom is 0.499 e. The zero-order chi connectivity index (χ0) is 53.9. The Labute approximate surface area is 391 Å². The fraction of sp³-hybridized carbons (Fsp3) is 0.100. The molecular weight excluding hydrogens is 779 g/mol. The van der Waals surface area contributed by atoms with Gasteiger partial charge in [-0.05, 0) is 111 Å². The Kier molecular flexibility index (Phi) is 5.41. The number of para-hydroxylation sites is 2. The minimum atomic E-state index is -3.82. The molecule has 0 N–H and O–H groups in total. The predicted molar refractivity (Wildman–Crippen MR) is 258 cm³/mol. The number of aryl methyl sites for hydroxylation is 1. The second-order valence-corrected chi connectivity index (χ2v) is 16.8. The van der Waals surface area contributed by atoms with Gasteiger partial charge >= 0.3 is 11.7 Å². The van der Waals surface area contributed by atoms with Crippen LogP contribution in [0.5, 0.6) is 5.75 Å². The zero-order valence-corrected chi connectivity index (χ0v) is 34.5. The van der Waals surface area contributed by atoms with Gasteiger partial charge in [-0.1, -0.05) is 154 Å². The van der Waals surface area contributed by atoms with Crippen molar-refractivity contribution < 1.29 is 31.7 Å². The van der Waals surface area contributed by atoms with Gasteiger partial charge in [-0.3, -0.25) is 0 Å². The fourth-order valence-electron chi connectivity index (χ4n) is 10.3. The minimum Gasteiger partial charge on any atom is -0.392 e. The quantitative estimate of drug-likeness (QED) is 0.158. The first-order valence-electron chi connectivity index (χ1n) is 27.8. The summed E-state index contributed by atoms with van der Waals surface area (Å²) in [5.74, 6) is -0.0348. The molecular formula is C60H45N3O+2. The van der Waals surface area contributed by atoms with E-state index in [0.29, 0.717) is 11.4 Å². The molecule has 1 spiro atoms. The molecule has 0 fully saturated rings. The van der Waals surface area contributed by atoms with Crippen molar-refractivity contribution in [3.8, 4) is 89.7 Å². The highest BCUT2D eigenvalue weighted by Crippen LogP contribution is 2.54. The molecule has 64 heavy (non-hydrogen) atoms. The number of hydrogen-bond donors (Lipinski definition) is 0. The first-order chi connectivity index (χ1) is 36.7. The maximum absolute atomic E-state index is 9.44. The molecule has 10 aromatic rings. The van der Waals surface area contributed by atoms with Gasteiger partial charge in [0.1, 0.15) is 22.6 Å². The Bertz CT molecular complexity index is 4080. The fourth-order valence-corrected chi connectivity index (χ4v) is 10.3. The highest BCUT2D eigenvalue weighted by molar-refractivity contribution is 6.00. The van der Waals surface area contributed by atoms with E-state index in [2.05, 4.69) is 88.9 Å². The van der Waals surface area contributed by atoms with Crippen molar-refractivity contribution in [2.24, 2.45) is 0 Å². The lowest BCUT2D eigenvalue weighted by atomic mass is 9.85. The zero-order valence-electron chi connectivity index (χ0n) is 47.5. The van der Waals surface area contributed by atoms with Crippen LogP contribution >= 0.6 is 0 Å². The lowest BCUT2D eigenvalue weighted by Crippen LogP contribution is -2.78. The molecule has 0 aliphatic carbocycles. The summed E-state index contributed by atoms with van der Waals surface area (Å²) in [4.78, 5) is 0. The minimum absolute atomic E-state index is 0.179. The first kappa shape index (κ1) is 26.0. The molecule has 4 heteroatoms. The van der Waals surface area contributed by atoms with Crippen molar-refractivity contribution in [2.75, 3.05) is 0 Å². The van der Waals surface area contributed by atoms with Crippen LogP contribution in [0, 0.1) is 6.92 Å². The van der Waals surface area contributed by atoms with Crippen LogP contribution in [0.25, 0.3) is 95.0 Å². The topological polar surface area (TPSA) is 21.9 Å². The molecule has 4 nitrogen and oxygen atoms in total. The van der Waals surface area contributed by atoms with Gasteiger partial charge in [0.05, 0.1) is 11.0 Å². The Morgan fingerprint density at radius 1 is 0.547 bits per heavy atom. The third kappa shape index (κ3) is 5.11. The maximum atomic E-state index is 9.44. The summed E-state index contributed by atoms with van der Waals surface area (Å²) < 4.78 is 127. The molecule has 0 saturated carbocycles. The van der Waals surface area contributed by atoms with Crippen LogP contribution in [0.4, 0.5) is 0 Å². The van der Waals surface area contributed by atoms with Gasteiger partial charge < -0.3 is 4.74 Å². The molecule has 1 unspecified atom stereocenters. The lowest BCUT2D eigenvalue weighted by molar-refractivity contribution is -0.997. The van der Waals surface area contributed by atoms with E-state index in [1.165, 1.54) is 0 Å². The van der Waals surface area contributed by atoms with E-state index in [9.17, 15) is 5.48 Å². The first-order valence-corrected chi connectivity index (χ1v) is 21.3. The Balaban J connectivity index is 1.14. The van der Waals surface area contributed by atoms with Crippen LogP contribution in [0.3, 0.4) is 0 Å². The SMILES string of the molecule is [2H]c1c([2H])c(C(C([2H])([2H])[2H])(C([2H])([2H])[2H])C([2H])([2H])[2H])c([2H])c([2H])c1-c1cc[n+]2c(c1)-c1cc(-c3ccccc3)cc3c1C21Oc2ccccc2-c2n(-c4cc(-c5ccccc5)c(C)cc4-c4ccccc4)c4cccc-3c4[n+]21. The lowest BCUT2D eigenvalue weighted by Gasteiger charge is -2.32. The molecule has 1 atom stereocenters. The Hall–Kier alpha value is -7.82. The molecule has 0 radical (unpaired) electrons. The second kappa shape index (κ2) is 13.3. The molecule has 0 saturated heterocycles. The third-order valence-electron chi connectivity index (χ3n) is 13.0. The van der Waals surface area contributed by atoms with Gasteiger partial charge in [0, 0.05) is 41.2 Å².